The summed E-state index contributed by atoms with van der Waals surface area (Å²) in [6.45, 7) is 1.42. The molecule has 2 saturated heterocycles. The average molecular weight is 252 g/mol. The first-order valence-corrected chi connectivity index (χ1v) is 6.30. The van der Waals surface area contributed by atoms with Crippen LogP contribution in [-0.4, -0.2) is 36.1 Å². The van der Waals surface area contributed by atoms with Gasteiger partial charge < -0.3 is 9.64 Å². The average Bonchev–Trinajstić information content (AvgIpc) is 2.67. The van der Waals surface area contributed by atoms with Crippen molar-refractivity contribution in [3.05, 3.63) is 34.9 Å². The summed E-state index contributed by atoms with van der Waals surface area (Å²) in [5.41, 5.74) is 0.666. The van der Waals surface area contributed by atoms with Gasteiger partial charge in [0.2, 0.25) is 0 Å². The van der Waals surface area contributed by atoms with Crippen LogP contribution in [0.25, 0.3) is 0 Å². The van der Waals surface area contributed by atoms with Crippen LogP contribution in [0.1, 0.15) is 23.2 Å². The molecule has 0 saturated carbocycles. The second kappa shape index (κ2) is 4.31. The van der Waals surface area contributed by atoms with Crippen LogP contribution >= 0.6 is 11.6 Å². The fourth-order valence-corrected chi connectivity index (χ4v) is 2.78. The summed E-state index contributed by atoms with van der Waals surface area (Å²) >= 11 is 5.90. The minimum atomic E-state index is 0.0627. The van der Waals surface area contributed by atoms with Gasteiger partial charge in [-0.3, -0.25) is 4.79 Å². The van der Waals surface area contributed by atoms with E-state index in [4.69, 9.17) is 16.3 Å². The Morgan fingerprint density at radius 3 is 2.65 bits per heavy atom. The van der Waals surface area contributed by atoms with E-state index in [1.807, 2.05) is 17.0 Å². The number of benzene rings is 1. The smallest absolute Gasteiger partial charge is 0.254 e. The number of carbonyl (C=O) groups is 1. The predicted molar refractivity (Wildman–Crippen MR) is 65.3 cm³/mol. The molecule has 3 nitrogen and oxygen atoms in total. The number of amides is 1. The van der Waals surface area contributed by atoms with E-state index in [0.717, 1.165) is 12.8 Å². The molecule has 2 bridgehead atoms. The lowest BCUT2D eigenvalue weighted by atomic mass is 10.2. The number of halogens is 1. The van der Waals surface area contributed by atoms with Crippen molar-refractivity contribution in [3.8, 4) is 0 Å². The Bertz CT molecular complexity index is 437. The monoisotopic (exact) mass is 251 g/mol. The van der Waals surface area contributed by atoms with Gasteiger partial charge in [-0.25, -0.2) is 0 Å². The minimum Gasteiger partial charge on any atom is -0.371 e. The van der Waals surface area contributed by atoms with Crippen LogP contribution in [0, 0.1) is 0 Å². The zero-order chi connectivity index (χ0) is 11.8. The molecule has 1 amide bonds. The highest BCUT2D eigenvalue weighted by Gasteiger charge is 2.35. The third-order valence-corrected chi connectivity index (χ3v) is 3.64. The van der Waals surface area contributed by atoms with E-state index in [9.17, 15) is 4.79 Å². The van der Waals surface area contributed by atoms with Crippen LogP contribution in [-0.2, 0) is 4.74 Å². The van der Waals surface area contributed by atoms with Gasteiger partial charge in [0.15, 0.2) is 0 Å². The number of fused-ring (bicyclic) bond motifs is 2. The summed E-state index contributed by atoms with van der Waals surface area (Å²) in [6.07, 6.45) is 2.61. The number of nitrogens with zero attached hydrogens (tertiary/aromatic N) is 1. The minimum absolute atomic E-state index is 0.0627. The van der Waals surface area contributed by atoms with E-state index in [2.05, 4.69) is 0 Å². The fraction of sp³-hybridized carbons (Fsp3) is 0.462. The van der Waals surface area contributed by atoms with Crippen molar-refractivity contribution >= 4 is 17.5 Å². The maximum atomic E-state index is 12.3. The van der Waals surface area contributed by atoms with Crippen LogP contribution < -0.4 is 0 Å². The third kappa shape index (κ3) is 2.17. The largest absolute Gasteiger partial charge is 0.371 e. The zero-order valence-electron chi connectivity index (χ0n) is 9.43. The number of morpholine rings is 1. The van der Waals surface area contributed by atoms with Crippen molar-refractivity contribution in [3.63, 3.8) is 0 Å². The number of likely N-dealkylation sites (tertiary alicyclic amines) is 1. The summed E-state index contributed by atoms with van der Waals surface area (Å²) in [7, 11) is 0. The Balaban J connectivity index is 1.78. The normalized spacial score (nSPS) is 27.2. The van der Waals surface area contributed by atoms with Gasteiger partial charge in [-0.2, -0.15) is 0 Å². The van der Waals surface area contributed by atoms with Crippen molar-refractivity contribution in [2.75, 3.05) is 13.1 Å². The fourth-order valence-electron chi connectivity index (χ4n) is 2.58. The lowest BCUT2D eigenvalue weighted by Crippen LogP contribution is -2.45. The van der Waals surface area contributed by atoms with Gasteiger partial charge in [0.1, 0.15) is 0 Å². The SMILES string of the molecule is O=C(c1cccc(Cl)c1)N1CC2CCC(C1)O2. The molecule has 2 aliphatic rings. The van der Waals surface area contributed by atoms with E-state index >= 15 is 0 Å². The molecule has 4 heteroatoms. The van der Waals surface area contributed by atoms with Crippen LogP contribution in [0.4, 0.5) is 0 Å². The summed E-state index contributed by atoms with van der Waals surface area (Å²) in [5.74, 6) is 0.0627. The Morgan fingerprint density at radius 1 is 1.29 bits per heavy atom. The van der Waals surface area contributed by atoms with Gasteiger partial charge in [-0.1, -0.05) is 17.7 Å². The number of hydrogen-bond acceptors (Lipinski definition) is 2. The van der Waals surface area contributed by atoms with Gasteiger partial charge >= 0.3 is 0 Å². The molecule has 3 rings (SSSR count). The summed E-state index contributed by atoms with van der Waals surface area (Å²) in [4.78, 5) is 14.2. The van der Waals surface area contributed by atoms with Crippen LogP contribution in [0.3, 0.4) is 0 Å². The molecule has 0 spiro atoms. The first-order valence-electron chi connectivity index (χ1n) is 5.92. The Morgan fingerprint density at radius 2 is 2.00 bits per heavy atom. The second-order valence-electron chi connectivity index (χ2n) is 4.68. The lowest BCUT2D eigenvalue weighted by Gasteiger charge is -2.32. The third-order valence-electron chi connectivity index (χ3n) is 3.40. The predicted octanol–water partition coefficient (Wildman–Crippen LogP) is 2.34. The van der Waals surface area contributed by atoms with E-state index in [1.165, 1.54) is 0 Å². The van der Waals surface area contributed by atoms with Crippen molar-refractivity contribution < 1.29 is 9.53 Å². The molecule has 1 aromatic carbocycles. The van der Waals surface area contributed by atoms with Crippen molar-refractivity contribution in [2.45, 2.75) is 25.0 Å². The van der Waals surface area contributed by atoms with Gasteiger partial charge in [-0.15, -0.1) is 0 Å². The molecule has 0 aliphatic carbocycles. The van der Waals surface area contributed by atoms with Gasteiger partial charge in [-0.05, 0) is 31.0 Å². The number of ether oxygens (including phenoxy) is 1. The number of rotatable bonds is 1. The molecule has 1 aromatic rings. The van der Waals surface area contributed by atoms with Gasteiger partial charge in [0, 0.05) is 23.7 Å². The Hall–Kier alpha value is -1.06. The van der Waals surface area contributed by atoms with E-state index in [0.29, 0.717) is 23.7 Å². The van der Waals surface area contributed by atoms with Crippen molar-refractivity contribution in [2.24, 2.45) is 0 Å². The molecule has 2 atom stereocenters. The molecular weight excluding hydrogens is 238 g/mol. The molecule has 17 heavy (non-hydrogen) atoms. The number of hydrogen-bond donors (Lipinski definition) is 0. The molecule has 0 N–H and O–H groups in total. The van der Waals surface area contributed by atoms with Crippen molar-refractivity contribution in [1.82, 2.24) is 4.90 Å². The van der Waals surface area contributed by atoms with Crippen LogP contribution in [0.2, 0.25) is 5.02 Å². The molecule has 2 aliphatic heterocycles. The van der Waals surface area contributed by atoms with Crippen LogP contribution in [0.5, 0.6) is 0 Å². The first-order chi connectivity index (χ1) is 8.22. The second-order valence-corrected chi connectivity index (χ2v) is 5.11. The summed E-state index contributed by atoms with van der Waals surface area (Å²) < 4.78 is 5.72. The lowest BCUT2D eigenvalue weighted by molar-refractivity contribution is -0.0303. The molecule has 90 valence electrons. The molecule has 2 unspecified atom stereocenters. The van der Waals surface area contributed by atoms with Crippen LogP contribution in [0.15, 0.2) is 24.3 Å². The molecule has 0 radical (unpaired) electrons. The highest BCUT2D eigenvalue weighted by molar-refractivity contribution is 6.30. The topological polar surface area (TPSA) is 29.5 Å². The van der Waals surface area contributed by atoms with Crippen molar-refractivity contribution in [1.29, 1.82) is 0 Å². The molecule has 2 heterocycles. The van der Waals surface area contributed by atoms with Gasteiger partial charge in [0.05, 0.1) is 12.2 Å². The molecular formula is C13H14ClNO2. The standard InChI is InChI=1S/C13H14ClNO2/c14-10-3-1-2-9(6-10)13(16)15-7-11-4-5-12(8-15)17-11/h1-3,6,11-12H,4-5,7-8H2. The van der Waals surface area contributed by atoms with E-state index < -0.39 is 0 Å². The maximum Gasteiger partial charge on any atom is 0.254 e. The first kappa shape index (κ1) is 11.1. The summed E-state index contributed by atoms with van der Waals surface area (Å²) in [5, 5.41) is 0.604. The zero-order valence-corrected chi connectivity index (χ0v) is 10.2. The van der Waals surface area contributed by atoms with E-state index in [1.54, 1.807) is 12.1 Å². The summed E-state index contributed by atoms with van der Waals surface area (Å²) in [6, 6.07) is 7.12. The maximum absolute atomic E-state index is 12.3. The highest BCUT2D eigenvalue weighted by atomic mass is 35.5. The quantitative estimate of drug-likeness (QED) is 0.767. The van der Waals surface area contributed by atoms with E-state index in [-0.39, 0.29) is 18.1 Å². The highest BCUT2D eigenvalue weighted by Crippen LogP contribution is 2.27. The number of carbonyl (C=O) groups excluding carboxylic acids is 1. The molecule has 0 aromatic heterocycles. The van der Waals surface area contributed by atoms with Gasteiger partial charge in [0.25, 0.3) is 5.91 Å². The Labute approximate surface area is 105 Å². The molecule has 2 fully saturated rings. The Kier molecular flexibility index (Phi) is 2.81.